The van der Waals surface area contributed by atoms with Gasteiger partial charge < -0.3 is 20.5 Å². The zero-order valence-corrected chi connectivity index (χ0v) is 19.1. The number of carbonyl (C=O) groups excluding carboxylic acids is 2. The van der Waals surface area contributed by atoms with E-state index in [0.717, 1.165) is 25.7 Å². The molecule has 172 valence electrons. The lowest BCUT2D eigenvalue weighted by Gasteiger charge is -2.56. The average Bonchev–Trinajstić information content (AvgIpc) is 2.76. The third-order valence-electron chi connectivity index (χ3n) is 7.81. The Hall–Kier alpha value is -1.99. The van der Waals surface area contributed by atoms with E-state index in [1.165, 1.54) is 0 Å². The predicted molar refractivity (Wildman–Crippen MR) is 118 cm³/mol. The number of nitrogens with one attached hydrogen (secondary N) is 2. The highest BCUT2D eigenvalue weighted by Crippen LogP contribution is 2.55. The molecule has 2 aliphatic carbocycles. The molecule has 7 nitrogen and oxygen atoms in total. The molecule has 0 saturated heterocycles. The van der Waals surface area contributed by atoms with Crippen LogP contribution in [0, 0.1) is 29.1 Å². The minimum atomic E-state index is -0.572. The molecule has 0 spiro atoms. The molecule has 0 radical (unpaired) electrons. The number of aliphatic hydroxyl groups is 1. The Morgan fingerprint density at radius 1 is 1.29 bits per heavy atom. The number of carbonyl (C=O) groups is 2. The number of ether oxygens (including phenoxy) is 1. The van der Waals surface area contributed by atoms with Crippen molar-refractivity contribution in [2.45, 2.75) is 58.6 Å². The van der Waals surface area contributed by atoms with E-state index in [1.54, 1.807) is 31.6 Å². The lowest BCUT2D eigenvalue weighted by atomic mass is 9.51. The van der Waals surface area contributed by atoms with Gasteiger partial charge in [-0.3, -0.25) is 14.6 Å². The molecule has 3 N–H and O–H groups in total. The van der Waals surface area contributed by atoms with E-state index in [4.69, 9.17) is 4.74 Å². The van der Waals surface area contributed by atoms with Crippen LogP contribution in [-0.2, 0) is 9.53 Å². The summed E-state index contributed by atoms with van der Waals surface area (Å²) in [5.74, 6) is -0.331. The first-order chi connectivity index (χ1) is 14.8. The van der Waals surface area contributed by atoms with Crippen molar-refractivity contribution in [2.75, 3.05) is 20.3 Å². The second kappa shape index (κ2) is 10.1. The molecular formula is C24H37N3O4. The van der Waals surface area contributed by atoms with Gasteiger partial charge in [-0.1, -0.05) is 20.8 Å². The van der Waals surface area contributed by atoms with Gasteiger partial charge in [0.2, 0.25) is 5.91 Å². The SMILES string of the molecule is COCCNC(=O)C(C)C1CCC2(C)CCC(NC(=O)c3ccncc3)C(C)C2C1O. The van der Waals surface area contributed by atoms with Crippen LogP contribution in [0.4, 0.5) is 0 Å². The zero-order chi connectivity index (χ0) is 22.6. The lowest BCUT2D eigenvalue weighted by molar-refractivity contribution is -0.142. The van der Waals surface area contributed by atoms with Gasteiger partial charge in [0, 0.05) is 43.6 Å². The van der Waals surface area contributed by atoms with E-state index >= 15 is 0 Å². The molecule has 2 amide bonds. The van der Waals surface area contributed by atoms with Crippen LogP contribution in [0.15, 0.2) is 24.5 Å². The van der Waals surface area contributed by atoms with Crippen molar-refractivity contribution in [3.8, 4) is 0 Å². The fourth-order valence-electron chi connectivity index (χ4n) is 5.88. The van der Waals surface area contributed by atoms with Gasteiger partial charge in [0.15, 0.2) is 0 Å². The molecule has 7 atom stereocenters. The fraction of sp³-hybridized carbons (Fsp3) is 0.708. The van der Waals surface area contributed by atoms with Crippen LogP contribution in [0.3, 0.4) is 0 Å². The Labute approximate surface area is 185 Å². The van der Waals surface area contributed by atoms with E-state index < -0.39 is 6.10 Å². The number of amides is 2. The molecule has 1 aromatic heterocycles. The minimum absolute atomic E-state index is 0.00187. The van der Waals surface area contributed by atoms with Gasteiger partial charge in [0.25, 0.3) is 5.91 Å². The number of aromatic nitrogens is 1. The van der Waals surface area contributed by atoms with Gasteiger partial charge in [0.05, 0.1) is 12.7 Å². The van der Waals surface area contributed by atoms with Crippen LogP contribution in [0.25, 0.3) is 0 Å². The number of hydrogen-bond acceptors (Lipinski definition) is 5. The monoisotopic (exact) mass is 431 g/mol. The van der Waals surface area contributed by atoms with Crippen molar-refractivity contribution in [1.29, 1.82) is 0 Å². The maximum absolute atomic E-state index is 12.7. The van der Waals surface area contributed by atoms with Crippen molar-refractivity contribution < 1.29 is 19.4 Å². The van der Waals surface area contributed by atoms with Gasteiger partial charge >= 0.3 is 0 Å². The summed E-state index contributed by atoms with van der Waals surface area (Å²) in [5, 5.41) is 17.5. The Kier molecular flexibility index (Phi) is 7.70. The summed E-state index contributed by atoms with van der Waals surface area (Å²) in [6.07, 6.45) is 6.35. The molecular weight excluding hydrogens is 394 g/mol. The molecule has 1 heterocycles. The lowest BCUT2D eigenvalue weighted by Crippen LogP contribution is -2.58. The Balaban J connectivity index is 1.70. The number of nitrogens with zero attached hydrogens (tertiary/aromatic N) is 1. The highest BCUT2D eigenvalue weighted by molar-refractivity contribution is 5.94. The summed E-state index contributed by atoms with van der Waals surface area (Å²) >= 11 is 0. The second-order valence-electron chi connectivity index (χ2n) is 9.66. The molecule has 2 fully saturated rings. The van der Waals surface area contributed by atoms with E-state index in [9.17, 15) is 14.7 Å². The van der Waals surface area contributed by atoms with Gasteiger partial charge in [-0.05, 0) is 61.0 Å². The second-order valence-corrected chi connectivity index (χ2v) is 9.66. The van der Waals surface area contributed by atoms with E-state index in [2.05, 4.69) is 29.5 Å². The van der Waals surface area contributed by atoms with Gasteiger partial charge in [-0.25, -0.2) is 0 Å². The zero-order valence-electron chi connectivity index (χ0n) is 19.1. The smallest absolute Gasteiger partial charge is 0.251 e. The highest BCUT2D eigenvalue weighted by Gasteiger charge is 2.53. The molecule has 0 aromatic carbocycles. The largest absolute Gasteiger partial charge is 0.392 e. The van der Waals surface area contributed by atoms with Crippen LogP contribution in [0.1, 0.15) is 56.8 Å². The average molecular weight is 432 g/mol. The van der Waals surface area contributed by atoms with Gasteiger partial charge in [-0.2, -0.15) is 0 Å². The molecule has 2 aliphatic rings. The van der Waals surface area contributed by atoms with E-state index in [-0.39, 0.29) is 46.9 Å². The first-order valence-electron chi connectivity index (χ1n) is 11.4. The van der Waals surface area contributed by atoms with Crippen LogP contribution < -0.4 is 10.6 Å². The fourth-order valence-corrected chi connectivity index (χ4v) is 5.88. The number of methoxy groups -OCH3 is 1. The van der Waals surface area contributed by atoms with Crippen molar-refractivity contribution in [3.63, 3.8) is 0 Å². The van der Waals surface area contributed by atoms with Crippen LogP contribution in [0.5, 0.6) is 0 Å². The summed E-state index contributed by atoms with van der Waals surface area (Å²) in [5.41, 5.74) is 0.624. The number of hydrogen-bond donors (Lipinski definition) is 3. The molecule has 0 bridgehead atoms. The third kappa shape index (κ3) is 5.09. The summed E-state index contributed by atoms with van der Waals surface area (Å²) < 4.78 is 5.01. The van der Waals surface area contributed by atoms with Crippen molar-refractivity contribution in [2.24, 2.45) is 29.1 Å². The summed E-state index contributed by atoms with van der Waals surface area (Å²) in [4.78, 5) is 29.3. The summed E-state index contributed by atoms with van der Waals surface area (Å²) in [6.45, 7) is 7.26. The standard InChI is InChI=1S/C24H37N3O4/c1-15(22(29)26-13-14-31-4)18-5-9-24(3)10-6-19(16(2)20(24)21(18)28)27-23(30)17-7-11-25-12-8-17/h7-8,11-12,15-16,18-21,28H,5-6,9-10,13-14H2,1-4H3,(H,26,29)(H,27,30). The first-order valence-corrected chi connectivity index (χ1v) is 11.4. The van der Waals surface area contributed by atoms with Crippen molar-refractivity contribution in [3.05, 3.63) is 30.1 Å². The number of pyridine rings is 1. The number of aliphatic hydroxyl groups excluding tert-OH is 1. The molecule has 0 aliphatic heterocycles. The number of rotatable bonds is 7. The summed E-state index contributed by atoms with van der Waals surface area (Å²) in [6, 6.07) is 3.42. The number of fused-ring (bicyclic) bond motifs is 1. The molecule has 1 aromatic rings. The summed E-state index contributed by atoms with van der Waals surface area (Å²) in [7, 11) is 1.61. The maximum Gasteiger partial charge on any atom is 0.251 e. The molecule has 3 rings (SSSR count). The quantitative estimate of drug-likeness (QED) is 0.576. The maximum atomic E-state index is 12.7. The predicted octanol–water partition coefficient (Wildman–Crippen LogP) is 2.40. The third-order valence-corrected chi connectivity index (χ3v) is 7.81. The Bertz CT molecular complexity index is 758. The van der Waals surface area contributed by atoms with Crippen LogP contribution in [0.2, 0.25) is 0 Å². The molecule has 7 heteroatoms. The Morgan fingerprint density at radius 2 is 1.97 bits per heavy atom. The Morgan fingerprint density at radius 3 is 2.65 bits per heavy atom. The molecule has 7 unspecified atom stereocenters. The molecule has 2 saturated carbocycles. The van der Waals surface area contributed by atoms with E-state index in [1.807, 2.05) is 6.92 Å². The van der Waals surface area contributed by atoms with Crippen LogP contribution in [-0.4, -0.2) is 54.3 Å². The highest BCUT2D eigenvalue weighted by atomic mass is 16.5. The van der Waals surface area contributed by atoms with Crippen molar-refractivity contribution >= 4 is 11.8 Å². The van der Waals surface area contributed by atoms with Crippen LogP contribution >= 0.6 is 0 Å². The normalized spacial score (nSPS) is 33.8. The van der Waals surface area contributed by atoms with Crippen molar-refractivity contribution in [1.82, 2.24) is 15.6 Å². The molecule has 31 heavy (non-hydrogen) atoms. The van der Waals surface area contributed by atoms with E-state index in [0.29, 0.717) is 18.7 Å². The first kappa shape index (κ1) is 23.7. The van der Waals surface area contributed by atoms with Gasteiger partial charge in [-0.15, -0.1) is 0 Å². The van der Waals surface area contributed by atoms with Gasteiger partial charge in [0.1, 0.15) is 0 Å². The topological polar surface area (TPSA) is 101 Å². The minimum Gasteiger partial charge on any atom is -0.392 e.